The van der Waals surface area contributed by atoms with Gasteiger partial charge in [-0.05, 0) is 18.6 Å². The summed E-state index contributed by atoms with van der Waals surface area (Å²) in [5.41, 5.74) is 7.32. The minimum atomic E-state index is 0.420. The molecular formula is C9H11IN2. The van der Waals surface area contributed by atoms with Crippen molar-refractivity contribution >= 4 is 28.3 Å². The molecule has 0 spiro atoms. The van der Waals surface area contributed by atoms with Crippen LogP contribution in [-0.2, 0) is 0 Å². The van der Waals surface area contributed by atoms with Crippen molar-refractivity contribution in [1.82, 2.24) is 5.43 Å². The second-order valence-corrected chi connectivity index (χ2v) is 4.36. The molecule has 1 aromatic rings. The molecule has 0 radical (unpaired) electrons. The lowest BCUT2D eigenvalue weighted by Crippen LogP contribution is -2.27. The third kappa shape index (κ3) is 1.21. The van der Waals surface area contributed by atoms with Gasteiger partial charge in [0.15, 0.2) is 0 Å². The van der Waals surface area contributed by atoms with Gasteiger partial charge in [-0.3, -0.25) is 0 Å². The van der Waals surface area contributed by atoms with E-state index in [0.717, 1.165) is 0 Å². The van der Waals surface area contributed by atoms with Crippen molar-refractivity contribution in [3.05, 3.63) is 29.3 Å². The second kappa shape index (κ2) is 2.88. The number of nitrogens with one attached hydrogen (secondary N) is 1. The summed E-state index contributed by atoms with van der Waals surface area (Å²) in [5, 5.41) is 2.08. The van der Waals surface area contributed by atoms with Crippen LogP contribution in [0.15, 0.2) is 18.2 Å². The molecule has 2 nitrogen and oxygen atoms in total. The molecule has 1 N–H and O–H groups in total. The number of alkyl halides is 1. The number of benzene rings is 1. The van der Waals surface area contributed by atoms with Gasteiger partial charge in [-0.2, -0.15) is 0 Å². The first-order valence-electron chi connectivity index (χ1n) is 3.93. The van der Waals surface area contributed by atoms with Crippen molar-refractivity contribution < 1.29 is 0 Å². The zero-order valence-electron chi connectivity index (χ0n) is 7.13. The minimum Gasteiger partial charge on any atom is -0.310 e. The number of hydrogen-bond acceptors (Lipinski definition) is 2. The Kier molecular flexibility index (Phi) is 2.00. The van der Waals surface area contributed by atoms with E-state index in [1.807, 2.05) is 0 Å². The Labute approximate surface area is 86.1 Å². The number of nitrogens with zero attached hydrogens (tertiary/aromatic N) is 1. The number of fused-ring (bicyclic) bond motifs is 1. The Hall–Kier alpha value is -0.290. The van der Waals surface area contributed by atoms with Crippen molar-refractivity contribution in [3.8, 4) is 0 Å². The smallest absolute Gasteiger partial charge is 0.105 e. The summed E-state index contributed by atoms with van der Waals surface area (Å²) in [5.74, 6) is 0. The second-order valence-electron chi connectivity index (χ2n) is 3.11. The van der Waals surface area contributed by atoms with E-state index < -0.39 is 0 Å². The van der Waals surface area contributed by atoms with E-state index in [-0.39, 0.29) is 0 Å². The molecule has 2 rings (SSSR count). The Bertz CT molecular complexity index is 311. The van der Waals surface area contributed by atoms with Crippen LogP contribution in [0, 0.1) is 6.92 Å². The standard InChI is InChI=1S/C9H11IN2/c1-6-3-4-7-8(5-6)12(2)11-9(7)10/h3-5,9,11H,1-2H3. The summed E-state index contributed by atoms with van der Waals surface area (Å²) in [6, 6.07) is 6.56. The number of anilines is 1. The molecule has 64 valence electrons. The summed E-state index contributed by atoms with van der Waals surface area (Å²) >= 11 is 2.40. The van der Waals surface area contributed by atoms with Crippen LogP contribution in [-0.4, -0.2) is 7.05 Å². The van der Waals surface area contributed by atoms with Gasteiger partial charge >= 0.3 is 0 Å². The minimum absolute atomic E-state index is 0.420. The molecule has 1 heterocycles. The molecule has 1 atom stereocenters. The van der Waals surface area contributed by atoms with Gasteiger partial charge in [0.05, 0.1) is 5.69 Å². The molecule has 3 heteroatoms. The van der Waals surface area contributed by atoms with Crippen molar-refractivity contribution in [2.75, 3.05) is 12.1 Å². The lowest BCUT2D eigenvalue weighted by Gasteiger charge is -2.12. The van der Waals surface area contributed by atoms with Crippen molar-refractivity contribution in [3.63, 3.8) is 0 Å². The van der Waals surface area contributed by atoms with E-state index in [9.17, 15) is 0 Å². The Morgan fingerprint density at radius 2 is 2.25 bits per heavy atom. The fourth-order valence-electron chi connectivity index (χ4n) is 1.47. The van der Waals surface area contributed by atoms with Crippen LogP contribution in [0.25, 0.3) is 0 Å². The highest BCUT2D eigenvalue weighted by atomic mass is 127. The summed E-state index contributed by atoms with van der Waals surface area (Å²) < 4.78 is 0.420. The predicted molar refractivity (Wildman–Crippen MR) is 59.5 cm³/mol. The van der Waals surface area contributed by atoms with Crippen molar-refractivity contribution in [2.45, 2.75) is 11.0 Å². The van der Waals surface area contributed by atoms with Crippen LogP contribution in [0.2, 0.25) is 0 Å². The number of hydrogen-bond donors (Lipinski definition) is 1. The first-order valence-corrected chi connectivity index (χ1v) is 5.17. The highest BCUT2D eigenvalue weighted by Gasteiger charge is 2.22. The van der Waals surface area contributed by atoms with E-state index >= 15 is 0 Å². The van der Waals surface area contributed by atoms with Crippen LogP contribution < -0.4 is 10.4 Å². The summed E-state index contributed by atoms with van der Waals surface area (Å²) in [6.07, 6.45) is 0. The normalized spacial score (nSPS) is 21.2. The molecule has 1 aliphatic rings. The number of hydrazine groups is 1. The largest absolute Gasteiger partial charge is 0.310 e. The van der Waals surface area contributed by atoms with Gasteiger partial charge in [0.2, 0.25) is 0 Å². The quantitative estimate of drug-likeness (QED) is 0.444. The molecule has 0 saturated carbocycles. The number of aryl methyl sites for hydroxylation is 1. The highest BCUT2D eigenvalue weighted by Crippen LogP contribution is 2.35. The van der Waals surface area contributed by atoms with E-state index in [1.165, 1.54) is 16.8 Å². The zero-order chi connectivity index (χ0) is 8.72. The molecule has 1 aliphatic heterocycles. The number of halogens is 1. The van der Waals surface area contributed by atoms with Gasteiger partial charge in [-0.25, -0.2) is 5.43 Å². The molecule has 0 saturated heterocycles. The van der Waals surface area contributed by atoms with Gasteiger partial charge in [0.1, 0.15) is 4.05 Å². The van der Waals surface area contributed by atoms with Crippen LogP contribution in [0.4, 0.5) is 5.69 Å². The summed E-state index contributed by atoms with van der Waals surface area (Å²) in [4.78, 5) is 0. The maximum absolute atomic E-state index is 3.33. The Morgan fingerprint density at radius 3 is 3.00 bits per heavy atom. The predicted octanol–water partition coefficient (Wildman–Crippen LogP) is 2.38. The third-order valence-corrected chi connectivity index (χ3v) is 3.08. The number of rotatable bonds is 0. The van der Waals surface area contributed by atoms with E-state index in [1.54, 1.807) is 0 Å². The third-order valence-electron chi connectivity index (χ3n) is 2.13. The van der Waals surface area contributed by atoms with Gasteiger partial charge in [-0.1, -0.05) is 34.7 Å². The van der Waals surface area contributed by atoms with Crippen LogP contribution >= 0.6 is 22.6 Å². The average Bonchev–Trinajstić information content (AvgIpc) is 2.28. The first-order chi connectivity index (χ1) is 5.68. The van der Waals surface area contributed by atoms with Gasteiger partial charge in [0, 0.05) is 12.6 Å². The maximum atomic E-state index is 3.33. The van der Waals surface area contributed by atoms with Gasteiger partial charge in [-0.15, -0.1) is 0 Å². The molecule has 0 fully saturated rings. The molecule has 0 aromatic heterocycles. The van der Waals surface area contributed by atoms with Crippen molar-refractivity contribution in [1.29, 1.82) is 0 Å². The highest BCUT2D eigenvalue weighted by molar-refractivity contribution is 14.1. The maximum Gasteiger partial charge on any atom is 0.105 e. The van der Waals surface area contributed by atoms with E-state index in [2.05, 4.69) is 65.2 Å². The van der Waals surface area contributed by atoms with E-state index in [4.69, 9.17) is 0 Å². The molecule has 0 amide bonds. The topological polar surface area (TPSA) is 15.3 Å². The van der Waals surface area contributed by atoms with Crippen molar-refractivity contribution in [2.24, 2.45) is 0 Å². The monoisotopic (exact) mass is 274 g/mol. The molecule has 1 aromatic carbocycles. The Morgan fingerprint density at radius 1 is 1.50 bits per heavy atom. The summed E-state index contributed by atoms with van der Waals surface area (Å²) in [6.45, 7) is 2.12. The lowest BCUT2D eigenvalue weighted by atomic mass is 10.1. The summed E-state index contributed by atoms with van der Waals surface area (Å²) in [7, 11) is 2.05. The van der Waals surface area contributed by atoms with Gasteiger partial charge in [0.25, 0.3) is 0 Å². The van der Waals surface area contributed by atoms with E-state index in [0.29, 0.717) is 4.05 Å². The van der Waals surface area contributed by atoms with Crippen LogP contribution in [0.1, 0.15) is 15.2 Å². The molecule has 12 heavy (non-hydrogen) atoms. The average molecular weight is 274 g/mol. The molecule has 0 bridgehead atoms. The SMILES string of the molecule is Cc1ccc2c(c1)N(C)NC2I. The van der Waals surface area contributed by atoms with Gasteiger partial charge < -0.3 is 5.01 Å². The fraction of sp³-hybridized carbons (Fsp3) is 0.333. The van der Waals surface area contributed by atoms with Crippen LogP contribution in [0.5, 0.6) is 0 Å². The molecular weight excluding hydrogens is 263 g/mol. The molecule has 1 unspecified atom stereocenters. The first kappa shape index (κ1) is 8.31. The Balaban J connectivity index is 2.53. The molecule has 0 aliphatic carbocycles. The zero-order valence-corrected chi connectivity index (χ0v) is 9.29. The van der Waals surface area contributed by atoms with Crippen LogP contribution in [0.3, 0.4) is 0 Å². The lowest BCUT2D eigenvalue weighted by molar-refractivity contribution is 0.738. The fourth-order valence-corrected chi connectivity index (χ4v) is 2.41.